The van der Waals surface area contributed by atoms with Gasteiger partial charge < -0.3 is 4.57 Å². The molecule has 1 spiro atoms. The molecule has 0 radical (unpaired) electrons. The van der Waals surface area contributed by atoms with Gasteiger partial charge in [-0.15, -0.1) is 0 Å². The summed E-state index contributed by atoms with van der Waals surface area (Å²) in [5.74, 6) is 0. The molecule has 7 aromatic carbocycles. The van der Waals surface area contributed by atoms with Gasteiger partial charge in [0.1, 0.15) is 0 Å². The number of aromatic nitrogens is 1. The van der Waals surface area contributed by atoms with Gasteiger partial charge in [-0.3, -0.25) is 10.6 Å². The summed E-state index contributed by atoms with van der Waals surface area (Å²) in [5.41, 5.74) is 15.1. The molecular weight excluding hydrogens is 631 g/mol. The van der Waals surface area contributed by atoms with E-state index in [4.69, 9.17) is 0 Å². The summed E-state index contributed by atoms with van der Waals surface area (Å²) in [7, 11) is 0. The molecule has 2 heterocycles. The molecule has 10 rings (SSSR count). The molecule has 1 aliphatic carbocycles. The third kappa shape index (κ3) is 4.46. The van der Waals surface area contributed by atoms with Crippen molar-refractivity contribution in [3.63, 3.8) is 0 Å². The monoisotopic (exact) mass is 671 g/mol. The van der Waals surface area contributed by atoms with Crippen LogP contribution in [0.1, 0.15) is 70.1 Å². The van der Waals surface area contributed by atoms with Gasteiger partial charge in [-0.05, 0) is 62.2 Å². The predicted octanol–water partition coefficient (Wildman–Crippen LogP) is 10.7. The van der Waals surface area contributed by atoms with Crippen LogP contribution in [0.3, 0.4) is 0 Å². The highest BCUT2D eigenvalue weighted by molar-refractivity contribution is 6.12. The first kappa shape index (κ1) is 31.0. The van der Waals surface area contributed by atoms with Crippen LogP contribution in [0, 0.1) is 0 Å². The number of hydrogen-bond acceptors (Lipinski definition) is 2. The Morgan fingerprint density at radius 3 is 1.88 bits per heavy atom. The fourth-order valence-electron chi connectivity index (χ4n) is 9.46. The zero-order valence-corrected chi connectivity index (χ0v) is 29.6. The average molecular weight is 672 g/mol. The number of rotatable bonds is 7. The minimum Gasteiger partial charge on any atom is -0.309 e. The number of benzene rings is 7. The molecule has 0 fully saturated rings. The highest BCUT2D eigenvalue weighted by Gasteiger charge is 2.52. The smallest absolute Gasteiger partial charge is 0.0840 e. The second kappa shape index (κ2) is 11.9. The van der Waals surface area contributed by atoms with E-state index in [1.807, 2.05) is 0 Å². The molecule has 2 aliphatic rings. The van der Waals surface area contributed by atoms with Crippen LogP contribution in [-0.4, -0.2) is 4.57 Å². The van der Waals surface area contributed by atoms with E-state index in [1.165, 1.54) is 77.6 Å². The first-order valence-corrected chi connectivity index (χ1v) is 18.5. The molecule has 0 amide bonds. The third-order valence-electron chi connectivity index (χ3n) is 11.8. The van der Waals surface area contributed by atoms with Gasteiger partial charge in [0.15, 0.2) is 0 Å². The lowest BCUT2D eigenvalue weighted by atomic mass is 9.53. The van der Waals surface area contributed by atoms with Crippen LogP contribution in [-0.2, 0) is 23.9 Å². The SMILES string of the molecule is CC1(C)c2ccccc2C2(c3ccccc3-n3c4ccccc4c4cccc2c43)c2ccc(CNC(NCc3ccccc3)c3ccccc3)cc21. The van der Waals surface area contributed by atoms with Gasteiger partial charge in [-0.1, -0.05) is 172 Å². The first-order valence-electron chi connectivity index (χ1n) is 18.5. The predicted molar refractivity (Wildman–Crippen MR) is 214 cm³/mol. The largest absolute Gasteiger partial charge is 0.309 e. The lowest BCUT2D eigenvalue weighted by molar-refractivity contribution is 0.435. The average Bonchev–Trinajstić information content (AvgIpc) is 3.54. The Balaban J connectivity index is 1.15. The maximum absolute atomic E-state index is 3.89. The van der Waals surface area contributed by atoms with Crippen molar-refractivity contribution in [2.45, 2.75) is 43.9 Å². The molecule has 2 N–H and O–H groups in total. The van der Waals surface area contributed by atoms with Crippen LogP contribution in [0.25, 0.3) is 27.5 Å². The molecule has 1 aromatic heterocycles. The van der Waals surface area contributed by atoms with E-state index in [1.54, 1.807) is 0 Å². The summed E-state index contributed by atoms with van der Waals surface area (Å²) >= 11 is 0. The maximum atomic E-state index is 3.89. The fourth-order valence-corrected chi connectivity index (χ4v) is 9.46. The number of nitrogens with one attached hydrogen (secondary N) is 2. The van der Waals surface area contributed by atoms with E-state index < -0.39 is 5.41 Å². The number of nitrogens with zero attached hydrogens (tertiary/aromatic N) is 1. The van der Waals surface area contributed by atoms with Gasteiger partial charge in [0.2, 0.25) is 0 Å². The normalized spacial score (nSPS) is 17.1. The van der Waals surface area contributed by atoms with Crippen LogP contribution >= 0.6 is 0 Å². The van der Waals surface area contributed by atoms with E-state index in [0.717, 1.165) is 13.1 Å². The van der Waals surface area contributed by atoms with Gasteiger partial charge in [0, 0.05) is 29.3 Å². The van der Waals surface area contributed by atoms with Crippen LogP contribution in [0.2, 0.25) is 0 Å². The quantitative estimate of drug-likeness (QED) is 0.165. The lowest BCUT2D eigenvalue weighted by Gasteiger charge is -2.50. The molecule has 52 heavy (non-hydrogen) atoms. The zero-order valence-electron chi connectivity index (χ0n) is 29.6. The molecule has 0 bridgehead atoms. The topological polar surface area (TPSA) is 29.0 Å². The fraction of sp³-hybridized carbons (Fsp3) is 0.143. The van der Waals surface area contributed by atoms with Crippen LogP contribution in [0.4, 0.5) is 0 Å². The zero-order chi connectivity index (χ0) is 34.9. The van der Waals surface area contributed by atoms with Gasteiger partial charge >= 0.3 is 0 Å². The molecular formula is C49H41N3. The highest BCUT2D eigenvalue weighted by atomic mass is 15.1. The summed E-state index contributed by atoms with van der Waals surface area (Å²) in [6.07, 6.45) is 0.00209. The van der Waals surface area contributed by atoms with Crippen LogP contribution in [0.5, 0.6) is 0 Å². The van der Waals surface area contributed by atoms with Gasteiger partial charge in [0.25, 0.3) is 0 Å². The van der Waals surface area contributed by atoms with Gasteiger partial charge in [-0.25, -0.2) is 0 Å². The van der Waals surface area contributed by atoms with E-state index in [-0.39, 0.29) is 11.6 Å². The molecule has 8 aromatic rings. The summed E-state index contributed by atoms with van der Waals surface area (Å²) in [5, 5.41) is 10.3. The van der Waals surface area contributed by atoms with Crippen molar-refractivity contribution in [2.75, 3.05) is 0 Å². The van der Waals surface area contributed by atoms with Crippen molar-refractivity contribution in [2.24, 2.45) is 0 Å². The van der Waals surface area contributed by atoms with Gasteiger partial charge in [-0.2, -0.15) is 0 Å². The molecule has 3 heteroatoms. The van der Waals surface area contributed by atoms with Gasteiger partial charge in [0.05, 0.1) is 28.3 Å². The van der Waals surface area contributed by atoms with Crippen molar-refractivity contribution >= 4 is 21.8 Å². The minimum atomic E-state index is -0.475. The van der Waals surface area contributed by atoms with Crippen LogP contribution < -0.4 is 10.6 Å². The molecule has 1 aliphatic heterocycles. The summed E-state index contributed by atoms with van der Waals surface area (Å²) < 4.78 is 2.52. The van der Waals surface area contributed by atoms with E-state index in [0.29, 0.717) is 0 Å². The lowest BCUT2D eigenvalue weighted by Crippen LogP contribution is -2.44. The number of para-hydroxylation sites is 3. The van der Waals surface area contributed by atoms with Crippen molar-refractivity contribution < 1.29 is 0 Å². The molecule has 252 valence electrons. The minimum absolute atomic E-state index is 0.00209. The van der Waals surface area contributed by atoms with E-state index in [2.05, 4.69) is 199 Å². The summed E-state index contributed by atoms with van der Waals surface area (Å²) in [6.45, 7) is 6.34. The Morgan fingerprint density at radius 1 is 0.481 bits per heavy atom. The Morgan fingerprint density at radius 2 is 1.08 bits per heavy atom. The van der Waals surface area contributed by atoms with Crippen molar-refractivity contribution in [1.29, 1.82) is 0 Å². The van der Waals surface area contributed by atoms with Crippen molar-refractivity contribution in [3.05, 3.63) is 220 Å². The second-order valence-electron chi connectivity index (χ2n) is 15.0. The highest BCUT2D eigenvalue weighted by Crippen LogP contribution is 2.60. The Hall–Kier alpha value is -5.74. The first-order chi connectivity index (χ1) is 25.6. The standard InChI is InChI=1S/C49H41N3/c1-48(2)38-22-10-11-23-39(38)49(41-24-12-14-27-45(41)52-44-26-13-9-20-36(44)37-21-15-25-42(49)46(37)52)40-29-28-34(30-43(40)48)32-51-47(35-18-7-4-8-19-35)50-31-33-16-5-3-6-17-33/h3-30,47,50-51H,31-32H2,1-2H3. The summed E-state index contributed by atoms with van der Waals surface area (Å²) in [6, 6.07) is 62.9. The molecule has 0 saturated carbocycles. The molecule has 2 atom stereocenters. The Labute approximate surface area is 305 Å². The van der Waals surface area contributed by atoms with Crippen molar-refractivity contribution in [3.8, 4) is 5.69 Å². The molecule has 2 unspecified atom stereocenters. The summed E-state index contributed by atoms with van der Waals surface area (Å²) in [4.78, 5) is 0. The Kier molecular flexibility index (Phi) is 7.11. The van der Waals surface area contributed by atoms with E-state index >= 15 is 0 Å². The Bertz CT molecular complexity index is 2620. The second-order valence-corrected chi connectivity index (χ2v) is 15.0. The maximum Gasteiger partial charge on any atom is 0.0840 e. The third-order valence-corrected chi connectivity index (χ3v) is 11.8. The number of fused-ring (bicyclic) bond motifs is 11. The van der Waals surface area contributed by atoms with E-state index in [9.17, 15) is 0 Å². The van der Waals surface area contributed by atoms with Crippen LogP contribution in [0.15, 0.2) is 170 Å². The number of hydrogen-bond donors (Lipinski definition) is 2. The molecule has 3 nitrogen and oxygen atoms in total. The molecule has 0 saturated heterocycles. The van der Waals surface area contributed by atoms with Crippen molar-refractivity contribution in [1.82, 2.24) is 15.2 Å².